The van der Waals surface area contributed by atoms with Crippen molar-refractivity contribution < 1.29 is 18.7 Å². The first-order valence-corrected chi connectivity index (χ1v) is 6.31. The highest BCUT2D eigenvalue weighted by atomic mass is 19.1. The number of nitrogens with one attached hydrogen (secondary N) is 1. The van der Waals surface area contributed by atoms with Crippen molar-refractivity contribution in [2.45, 2.75) is 6.92 Å². The molecule has 0 aliphatic carbocycles. The molecular weight excluding hydrogens is 275 g/mol. The molecule has 0 saturated heterocycles. The Labute approximate surface area is 120 Å². The minimum Gasteiger partial charge on any atom is -0.462 e. The highest BCUT2D eigenvalue weighted by Gasteiger charge is 2.17. The van der Waals surface area contributed by atoms with Crippen LogP contribution < -0.4 is 5.32 Å². The summed E-state index contributed by atoms with van der Waals surface area (Å²) in [6.07, 6.45) is 1.42. The molecule has 0 atom stereocenters. The lowest BCUT2D eigenvalue weighted by Crippen LogP contribution is -2.18. The zero-order chi connectivity index (χ0) is 15.2. The van der Waals surface area contributed by atoms with E-state index in [0.717, 1.165) is 0 Å². The number of ether oxygens (including phenoxy) is 1. The Morgan fingerprint density at radius 2 is 1.90 bits per heavy atom. The topological polar surface area (TPSA) is 68.3 Å². The van der Waals surface area contributed by atoms with Crippen LogP contribution in [0.15, 0.2) is 42.6 Å². The lowest BCUT2D eigenvalue weighted by Gasteiger charge is -2.09. The molecule has 0 unspecified atom stereocenters. The number of rotatable bonds is 4. The maximum Gasteiger partial charge on any atom is 0.341 e. The van der Waals surface area contributed by atoms with E-state index < -0.39 is 17.7 Å². The second-order valence-electron chi connectivity index (χ2n) is 4.05. The molecule has 1 N–H and O–H groups in total. The molecule has 0 aliphatic rings. The lowest BCUT2D eigenvalue weighted by molar-refractivity contribution is 0.0527. The largest absolute Gasteiger partial charge is 0.462 e. The van der Waals surface area contributed by atoms with Crippen LogP contribution >= 0.6 is 0 Å². The summed E-state index contributed by atoms with van der Waals surface area (Å²) in [5, 5.41) is 2.42. The fraction of sp³-hybridized carbons (Fsp3) is 0.133. The predicted molar refractivity (Wildman–Crippen MR) is 74.5 cm³/mol. The number of esters is 1. The summed E-state index contributed by atoms with van der Waals surface area (Å²) >= 11 is 0. The van der Waals surface area contributed by atoms with Crippen LogP contribution in [0.3, 0.4) is 0 Å². The first kappa shape index (κ1) is 14.6. The van der Waals surface area contributed by atoms with Gasteiger partial charge in [-0.25, -0.2) is 14.2 Å². The van der Waals surface area contributed by atoms with Gasteiger partial charge in [0.05, 0.1) is 12.2 Å². The standard InChI is InChI=1S/C15H13FN2O3/c1-2-21-15(20)11-7-5-9-17-13(11)18-14(19)10-6-3-4-8-12(10)16/h3-9H,2H2,1H3,(H,17,18,19). The van der Waals surface area contributed by atoms with Gasteiger partial charge in [-0.2, -0.15) is 0 Å². The van der Waals surface area contributed by atoms with Gasteiger partial charge in [0.2, 0.25) is 0 Å². The molecular formula is C15H13FN2O3. The van der Waals surface area contributed by atoms with E-state index in [9.17, 15) is 14.0 Å². The summed E-state index contributed by atoms with van der Waals surface area (Å²) in [5.74, 6) is -1.90. The van der Waals surface area contributed by atoms with E-state index in [4.69, 9.17) is 4.74 Å². The Kier molecular flexibility index (Phi) is 4.61. The number of hydrogen-bond acceptors (Lipinski definition) is 4. The fourth-order valence-corrected chi connectivity index (χ4v) is 1.70. The SMILES string of the molecule is CCOC(=O)c1cccnc1NC(=O)c1ccccc1F. The first-order chi connectivity index (χ1) is 10.1. The van der Waals surface area contributed by atoms with Gasteiger partial charge in [0.15, 0.2) is 0 Å². The summed E-state index contributed by atoms with van der Waals surface area (Å²) in [6, 6.07) is 8.57. The van der Waals surface area contributed by atoms with Crippen LogP contribution in [0.4, 0.5) is 10.2 Å². The van der Waals surface area contributed by atoms with Crippen molar-refractivity contribution in [1.29, 1.82) is 0 Å². The van der Waals surface area contributed by atoms with Crippen molar-refractivity contribution in [2.24, 2.45) is 0 Å². The van der Waals surface area contributed by atoms with Crippen LogP contribution in [0.2, 0.25) is 0 Å². The fourth-order valence-electron chi connectivity index (χ4n) is 1.70. The number of benzene rings is 1. The first-order valence-electron chi connectivity index (χ1n) is 6.31. The lowest BCUT2D eigenvalue weighted by atomic mass is 10.2. The number of nitrogens with zero attached hydrogens (tertiary/aromatic N) is 1. The van der Waals surface area contributed by atoms with Gasteiger partial charge in [-0.1, -0.05) is 12.1 Å². The molecule has 1 aromatic heterocycles. The average molecular weight is 288 g/mol. The van der Waals surface area contributed by atoms with Gasteiger partial charge >= 0.3 is 5.97 Å². The third kappa shape index (κ3) is 3.42. The molecule has 0 bridgehead atoms. The Hall–Kier alpha value is -2.76. The highest BCUT2D eigenvalue weighted by Crippen LogP contribution is 2.15. The number of carbonyl (C=O) groups is 2. The molecule has 2 aromatic rings. The van der Waals surface area contributed by atoms with E-state index in [0.29, 0.717) is 0 Å². The van der Waals surface area contributed by atoms with Gasteiger partial charge in [-0.3, -0.25) is 4.79 Å². The molecule has 0 radical (unpaired) electrons. The second kappa shape index (κ2) is 6.60. The van der Waals surface area contributed by atoms with Crippen molar-refractivity contribution in [3.05, 3.63) is 59.5 Å². The van der Waals surface area contributed by atoms with Gasteiger partial charge in [0, 0.05) is 6.20 Å². The van der Waals surface area contributed by atoms with Crippen LogP contribution in [0.5, 0.6) is 0 Å². The average Bonchev–Trinajstić information content (AvgIpc) is 2.48. The molecule has 0 spiro atoms. The molecule has 21 heavy (non-hydrogen) atoms. The summed E-state index contributed by atoms with van der Waals surface area (Å²) in [4.78, 5) is 27.7. The molecule has 0 saturated carbocycles. The van der Waals surface area contributed by atoms with E-state index in [1.165, 1.54) is 30.5 Å². The Bertz CT molecular complexity index is 673. The van der Waals surface area contributed by atoms with Crippen LogP contribution in [0, 0.1) is 5.82 Å². The number of pyridine rings is 1. The number of aromatic nitrogens is 1. The van der Waals surface area contributed by atoms with Crippen molar-refractivity contribution >= 4 is 17.7 Å². The van der Waals surface area contributed by atoms with E-state index in [-0.39, 0.29) is 23.6 Å². The van der Waals surface area contributed by atoms with Crippen LogP contribution in [0.1, 0.15) is 27.6 Å². The predicted octanol–water partition coefficient (Wildman–Crippen LogP) is 2.65. The number of amides is 1. The van der Waals surface area contributed by atoms with Gasteiger partial charge in [0.25, 0.3) is 5.91 Å². The molecule has 2 rings (SSSR count). The molecule has 0 fully saturated rings. The summed E-state index contributed by atoms with van der Waals surface area (Å²) < 4.78 is 18.4. The van der Waals surface area contributed by atoms with Crippen LogP contribution in [-0.4, -0.2) is 23.5 Å². The number of carbonyl (C=O) groups excluding carboxylic acids is 2. The number of halogens is 1. The van der Waals surface area contributed by atoms with Gasteiger partial charge < -0.3 is 10.1 Å². The van der Waals surface area contributed by atoms with Gasteiger partial charge in [-0.15, -0.1) is 0 Å². The van der Waals surface area contributed by atoms with E-state index >= 15 is 0 Å². The van der Waals surface area contributed by atoms with Crippen molar-refractivity contribution in [3.8, 4) is 0 Å². The maximum absolute atomic E-state index is 13.5. The zero-order valence-electron chi connectivity index (χ0n) is 11.3. The smallest absolute Gasteiger partial charge is 0.341 e. The van der Waals surface area contributed by atoms with Crippen molar-refractivity contribution in [3.63, 3.8) is 0 Å². The van der Waals surface area contributed by atoms with E-state index in [1.54, 1.807) is 19.1 Å². The molecule has 1 aromatic carbocycles. The summed E-state index contributed by atoms with van der Waals surface area (Å²) in [6.45, 7) is 1.88. The monoisotopic (exact) mass is 288 g/mol. The van der Waals surface area contributed by atoms with Crippen LogP contribution in [-0.2, 0) is 4.74 Å². The minimum atomic E-state index is -0.683. The Morgan fingerprint density at radius 1 is 1.19 bits per heavy atom. The zero-order valence-corrected chi connectivity index (χ0v) is 11.3. The van der Waals surface area contributed by atoms with Gasteiger partial charge in [-0.05, 0) is 31.2 Å². The number of hydrogen-bond donors (Lipinski definition) is 1. The van der Waals surface area contributed by atoms with Crippen molar-refractivity contribution in [2.75, 3.05) is 11.9 Å². The molecule has 0 aliphatic heterocycles. The maximum atomic E-state index is 13.5. The quantitative estimate of drug-likeness (QED) is 0.878. The molecule has 5 nitrogen and oxygen atoms in total. The second-order valence-corrected chi connectivity index (χ2v) is 4.05. The summed E-state index contributed by atoms with van der Waals surface area (Å²) in [7, 11) is 0. The number of anilines is 1. The third-order valence-electron chi connectivity index (χ3n) is 2.65. The van der Waals surface area contributed by atoms with E-state index in [2.05, 4.69) is 10.3 Å². The Morgan fingerprint density at radius 3 is 2.62 bits per heavy atom. The molecule has 108 valence electrons. The van der Waals surface area contributed by atoms with Crippen molar-refractivity contribution in [1.82, 2.24) is 4.98 Å². The highest BCUT2D eigenvalue weighted by molar-refractivity contribution is 6.07. The minimum absolute atomic E-state index is 0.0317. The van der Waals surface area contributed by atoms with Crippen LogP contribution in [0.25, 0.3) is 0 Å². The third-order valence-corrected chi connectivity index (χ3v) is 2.65. The Balaban J connectivity index is 2.26. The molecule has 1 amide bonds. The molecule has 1 heterocycles. The normalized spacial score (nSPS) is 10.0. The molecule has 6 heteroatoms. The summed E-state index contributed by atoms with van der Waals surface area (Å²) in [5.41, 5.74) is -0.0120. The van der Waals surface area contributed by atoms with Gasteiger partial charge in [0.1, 0.15) is 17.2 Å². The van der Waals surface area contributed by atoms with E-state index in [1.807, 2.05) is 0 Å².